The summed E-state index contributed by atoms with van der Waals surface area (Å²) in [5, 5.41) is 11.9. The van der Waals surface area contributed by atoms with E-state index in [4.69, 9.17) is 5.73 Å². The third-order valence-corrected chi connectivity index (χ3v) is 3.80. The summed E-state index contributed by atoms with van der Waals surface area (Å²) in [7, 11) is 0. The van der Waals surface area contributed by atoms with Crippen molar-refractivity contribution in [3.8, 4) is 22.6 Å². The van der Waals surface area contributed by atoms with Crippen molar-refractivity contribution in [3.63, 3.8) is 0 Å². The van der Waals surface area contributed by atoms with E-state index in [1.54, 1.807) is 0 Å². The van der Waals surface area contributed by atoms with E-state index in [1.807, 2.05) is 54.6 Å². The topological polar surface area (TPSA) is 76.7 Å². The van der Waals surface area contributed by atoms with Gasteiger partial charge >= 0.3 is 0 Å². The normalized spacial score (nSPS) is 10.5. The monoisotopic (exact) mass is 369 g/mol. The van der Waals surface area contributed by atoms with Crippen LogP contribution in [0.5, 0.6) is 0 Å². The van der Waals surface area contributed by atoms with E-state index in [0.717, 1.165) is 21.3 Å². The van der Waals surface area contributed by atoms with Gasteiger partial charge < -0.3 is 11.1 Å². The van der Waals surface area contributed by atoms with Crippen LogP contribution in [0.3, 0.4) is 0 Å². The number of anilines is 1. The van der Waals surface area contributed by atoms with Crippen LogP contribution in [0.2, 0.25) is 0 Å². The first-order valence-electron chi connectivity index (χ1n) is 7.28. The standard InChI is InChI=1S/C17H16BrN5/c18-14-8-6-13(7-9-14)16-21-17(20-11-10-19)15(22-23-16)12-4-2-1-3-5-12/h1-9H,10-11,19H2,(H,20,21,23). The Morgan fingerprint density at radius 3 is 2.35 bits per heavy atom. The predicted molar refractivity (Wildman–Crippen MR) is 95.9 cm³/mol. The zero-order valence-electron chi connectivity index (χ0n) is 12.4. The van der Waals surface area contributed by atoms with Crippen LogP contribution in [-0.2, 0) is 0 Å². The van der Waals surface area contributed by atoms with Crippen LogP contribution < -0.4 is 11.1 Å². The number of nitrogens with one attached hydrogen (secondary N) is 1. The molecular weight excluding hydrogens is 354 g/mol. The maximum absolute atomic E-state index is 5.60. The van der Waals surface area contributed by atoms with Crippen LogP contribution >= 0.6 is 15.9 Å². The summed E-state index contributed by atoms with van der Waals surface area (Å²) in [6.07, 6.45) is 0. The lowest BCUT2D eigenvalue weighted by molar-refractivity contribution is 0.959. The molecule has 0 aliphatic heterocycles. The van der Waals surface area contributed by atoms with Gasteiger partial charge in [0.15, 0.2) is 11.6 Å². The summed E-state index contributed by atoms with van der Waals surface area (Å²) >= 11 is 3.43. The second kappa shape index (κ2) is 7.30. The van der Waals surface area contributed by atoms with Gasteiger partial charge in [0.25, 0.3) is 0 Å². The Morgan fingerprint density at radius 1 is 0.913 bits per heavy atom. The molecule has 116 valence electrons. The highest BCUT2D eigenvalue weighted by molar-refractivity contribution is 9.10. The van der Waals surface area contributed by atoms with E-state index < -0.39 is 0 Å². The van der Waals surface area contributed by atoms with Gasteiger partial charge in [-0.15, -0.1) is 10.2 Å². The van der Waals surface area contributed by atoms with Gasteiger partial charge in [-0.3, -0.25) is 0 Å². The predicted octanol–water partition coefficient (Wildman–Crippen LogP) is 3.34. The Balaban J connectivity index is 2.03. The van der Waals surface area contributed by atoms with Gasteiger partial charge in [0, 0.05) is 28.7 Å². The number of nitrogens with zero attached hydrogens (tertiary/aromatic N) is 3. The van der Waals surface area contributed by atoms with Crippen LogP contribution in [0.1, 0.15) is 0 Å². The fourth-order valence-electron chi connectivity index (χ4n) is 2.15. The Bertz CT molecular complexity index is 775. The van der Waals surface area contributed by atoms with Crippen LogP contribution in [0.25, 0.3) is 22.6 Å². The molecule has 0 bridgehead atoms. The van der Waals surface area contributed by atoms with E-state index in [-0.39, 0.29) is 0 Å². The lowest BCUT2D eigenvalue weighted by atomic mass is 10.1. The molecule has 5 nitrogen and oxygen atoms in total. The Labute approximate surface area is 143 Å². The number of hydrogen-bond acceptors (Lipinski definition) is 5. The Hall–Kier alpha value is -2.31. The average Bonchev–Trinajstić information content (AvgIpc) is 2.61. The molecule has 1 aromatic heterocycles. The zero-order chi connectivity index (χ0) is 16.1. The zero-order valence-corrected chi connectivity index (χ0v) is 14.0. The summed E-state index contributed by atoms with van der Waals surface area (Å²) in [5.74, 6) is 1.27. The molecule has 0 aliphatic rings. The third-order valence-electron chi connectivity index (χ3n) is 3.27. The first-order chi connectivity index (χ1) is 11.3. The van der Waals surface area contributed by atoms with E-state index in [0.29, 0.717) is 24.7 Å². The maximum Gasteiger partial charge on any atom is 0.183 e. The largest absolute Gasteiger partial charge is 0.367 e. The Kier molecular flexibility index (Phi) is 4.95. The molecule has 0 radical (unpaired) electrons. The van der Waals surface area contributed by atoms with Crippen molar-refractivity contribution in [3.05, 3.63) is 59.1 Å². The smallest absolute Gasteiger partial charge is 0.183 e. The number of halogens is 1. The van der Waals surface area contributed by atoms with Crippen molar-refractivity contribution in [2.75, 3.05) is 18.4 Å². The average molecular weight is 370 g/mol. The molecule has 0 unspecified atom stereocenters. The SMILES string of the molecule is NCCNc1nc(-c2ccc(Br)cc2)nnc1-c1ccccc1. The molecule has 0 atom stereocenters. The number of benzene rings is 2. The van der Waals surface area contributed by atoms with Crippen molar-refractivity contribution in [1.82, 2.24) is 15.2 Å². The molecule has 6 heteroatoms. The van der Waals surface area contributed by atoms with Crippen molar-refractivity contribution in [2.24, 2.45) is 5.73 Å². The van der Waals surface area contributed by atoms with E-state index in [9.17, 15) is 0 Å². The highest BCUT2D eigenvalue weighted by Crippen LogP contribution is 2.26. The van der Waals surface area contributed by atoms with Crippen molar-refractivity contribution >= 4 is 21.7 Å². The quantitative estimate of drug-likeness (QED) is 0.721. The number of nitrogens with two attached hydrogens (primary N) is 1. The minimum Gasteiger partial charge on any atom is -0.367 e. The van der Waals surface area contributed by atoms with Gasteiger partial charge in [0.2, 0.25) is 0 Å². The summed E-state index contributed by atoms with van der Waals surface area (Å²) < 4.78 is 1.01. The minimum atomic E-state index is 0.520. The lowest BCUT2D eigenvalue weighted by Crippen LogP contribution is -2.15. The van der Waals surface area contributed by atoms with Gasteiger partial charge in [0.1, 0.15) is 5.69 Å². The van der Waals surface area contributed by atoms with Gasteiger partial charge in [0.05, 0.1) is 0 Å². The fraction of sp³-hybridized carbons (Fsp3) is 0.118. The molecule has 2 aromatic carbocycles. The molecule has 0 spiro atoms. The van der Waals surface area contributed by atoms with Crippen LogP contribution in [-0.4, -0.2) is 28.3 Å². The van der Waals surface area contributed by atoms with Crippen molar-refractivity contribution < 1.29 is 0 Å². The molecule has 0 aliphatic carbocycles. The second-order valence-corrected chi connectivity index (χ2v) is 5.84. The van der Waals surface area contributed by atoms with Crippen LogP contribution in [0, 0.1) is 0 Å². The number of rotatable bonds is 5. The molecule has 0 saturated carbocycles. The fourth-order valence-corrected chi connectivity index (χ4v) is 2.42. The summed E-state index contributed by atoms with van der Waals surface area (Å²) in [4.78, 5) is 4.63. The van der Waals surface area contributed by atoms with Gasteiger partial charge in [-0.05, 0) is 12.1 Å². The molecule has 3 aromatic rings. The van der Waals surface area contributed by atoms with E-state index >= 15 is 0 Å². The molecule has 0 fully saturated rings. The second-order valence-electron chi connectivity index (χ2n) is 4.92. The molecule has 3 rings (SSSR count). The summed E-state index contributed by atoms with van der Waals surface area (Å²) in [6, 6.07) is 17.7. The maximum atomic E-state index is 5.60. The summed E-state index contributed by atoms with van der Waals surface area (Å²) in [6.45, 7) is 1.14. The molecule has 1 heterocycles. The first-order valence-corrected chi connectivity index (χ1v) is 8.07. The van der Waals surface area contributed by atoms with E-state index in [2.05, 4.69) is 36.4 Å². The summed E-state index contributed by atoms with van der Waals surface area (Å²) in [5.41, 5.74) is 8.20. The van der Waals surface area contributed by atoms with Gasteiger partial charge in [-0.1, -0.05) is 58.4 Å². The van der Waals surface area contributed by atoms with Crippen molar-refractivity contribution in [2.45, 2.75) is 0 Å². The highest BCUT2D eigenvalue weighted by atomic mass is 79.9. The van der Waals surface area contributed by atoms with Gasteiger partial charge in [-0.25, -0.2) is 4.98 Å². The molecule has 3 N–H and O–H groups in total. The van der Waals surface area contributed by atoms with Gasteiger partial charge in [-0.2, -0.15) is 0 Å². The van der Waals surface area contributed by atoms with Crippen molar-refractivity contribution in [1.29, 1.82) is 0 Å². The van der Waals surface area contributed by atoms with Crippen LogP contribution in [0.15, 0.2) is 59.1 Å². The lowest BCUT2D eigenvalue weighted by Gasteiger charge is -2.10. The first kappa shape index (κ1) is 15.6. The molecule has 0 amide bonds. The molecular formula is C17H16BrN5. The minimum absolute atomic E-state index is 0.520. The number of hydrogen-bond donors (Lipinski definition) is 2. The van der Waals surface area contributed by atoms with Crippen LogP contribution in [0.4, 0.5) is 5.82 Å². The molecule has 23 heavy (non-hydrogen) atoms. The van der Waals surface area contributed by atoms with E-state index in [1.165, 1.54) is 0 Å². The number of aromatic nitrogens is 3. The third kappa shape index (κ3) is 3.72. The molecule has 0 saturated heterocycles. The highest BCUT2D eigenvalue weighted by Gasteiger charge is 2.12. The Morgan fingerprint density at radius 2 is 1.65 bits per heavy atom.